The Balaban J connectivity index is 2.38. The van der Waals surface area contributed by atoms with E-state index in [0.717, 1.165) is 0 Å². The van der Waals surface area contributed by atoms with Crippen LogP contribution in [0, 0.1) is 17.1 Å². The van der Waals surface area contributed by atoms with Gasteiger partial charge in [-0.15, -0.1) is 0 Å². The van der Waals surface area contributed by atoms with Gasteiger partial charge >= 0.3 is 0 Å². The lowest BCUT2D eigenvalue weighted by Gasteiger charge is -2.13. The van der Waals surface area contributed by atoms with E-state index in [1.807, 2.05) is 0 Å². The van der Waals surface area contributed by atoms with Crippen LogP contribution in [-0.2, 0) is 0 Å². The highest BCUT2D eigenvalue weighted by Gasteiger charge is 2.20. The zero-order valence-corrected chi connectivity index (χ0v) is 14.4. The number of hydrazone groups is 1. The molecule has 2 aromatic rings. The number of ketones is 1. The summed E-state index contributed by atoms with van der Waals surface area (Å²) in [7, 11) is 4.25. The van der Waals surface area contributed by atoms with E-state index >= 15 is 0 Å². The van der Waals surface area contributed by atoms with Crippen LogP contribution >= 0.6 is 0 Å². The number of carbonyl (C=O) groups is 1. The Bertz CT molecular complexity index is 865. The molecule has 8 heteroatoms. The second-order valence-corrected chi connectivity index (χ2v) is 4.91. The minimum Gasteiger partial charge on any atom is -0.493 e. The van der Waals surface area contributed by atoms with Crippen molar-refractivity contribution in [1.82, 2.24) is 0 Å². The predicted molar refractivity (Wildman–Crippen MR) is 93.5 cm³/mol. The van der Waals surface area contributed by atoms with Gasteiger partial charge in [0.25, 0.3) is 0 Å². The fourth-order valence-electron chi connectivity index (χ4n) is 2.14. The van der Waals surface area contributed by atoms with Crippen LogP contribution < -0.4 is 19.6 Å². The number of halogens is 1. The van der Waals surface area contributed by atoms with E-state index in [1.165, 1.54) is 51.7 Å². The van der Waals surface area contributed by atoms with Gasteiger partial charge in [-0.1, -0.05) is 12.1 Å². The normalized spacial score (nSPS) is 10.7. The molecular weight excluding hydrogens is 341 g/mol. The Labute approximate surface area is 149 Å². The molecule has 26 heavy (non-hydrogen) atoms. The van der Waals surface area contributed by atoms with Crippen molar-refractivity contribution in [3.8, 4) is 23.3 Å². The number of Topliss-reactive ketones (excluding diaryl/α,β-unsaturated/α-hetero) is 1. The maximum Gasteiger partial charge on any atom is 0.224 e. The third-order valence-corrected chi connectivity index (χ3v) is 3.41. The maximum absolute atomic E-state index is 13.6. The molecule has 0 radical (unpaired) electrons. The molecule has 0 aromatic heterocycles. The number of anilines is 1. The molecule has 0 aliphatic carbocycles. The van der Waals surface area contributed by atoms with Crippen LogP contribution in [0.15, 0.2) is 41.5 Å². The SMILES string of the molecule is COc1cc(C(=O)/C(C#N)=N/Nc2ccccc2F)cc(OC)c1OC. The minimum absolute atomic E-state index is 0.0398. The third-order valence-electron chi connectivity index (χ3n) is 3.41. The second-order valence-electron chi connectivity index (χ2n) is 4.91. The lowest BCUT2D eigenvalue weighted by atomic mass is 10.1. The Morgan fingerprint density at radius 3 is 2.23 bits per heavy atom. The molecule has 2 aromatic carbocycles. The number of methoxy groups -OCH3 is 3. The average molecular weight is 357 g/mol. The number of carbonyl (C=O) groups excluding carboxylic acids is 1. The largest absolute Gasteiger partial charge is 0.493 e. The second kappa shape index (κ2) is 8.48. The van der Waals surface area contributed by atoms with Gasteiger partial charge in [0.1, 0.15) is 11.9 Å². The number of hydrogen-bond acceptors (Lipinski definition) is 7. The molecule has 0 atom stereocenters. The van der Waals surface area contributed by atoms with E-state index in [9.17, 15) is 14.4 Å². The third kappa shape index (κ3) is 3.89. The highest BCUT2D eigenvalue weighted by atomic mass is 19.1. The fourth-order valence-corrected chi connectivity index (χ4v) is 2.14. The van der Waals surface area contributed by atoms with Crippen molar-refractivity contribution in [3.05, 3.63) is 47.8 Å². The summed E-state index contributed by atoms with van der Waals surface area (Å²) in [5.41, 5.74) is 2.07. The molecule has 2 rings (SSSR count). The first-order chi connectivity index (χ1) is 12.5. The van der Waals surface area contributed by atoms with Crippen molar-refractivity contribution in [2.24, 2.45) is 5.10 Å². The number of nitrogens with one attached hydrogen (secondary N) is 1. The Kier molecular flexibility index (Phi) is 6.11. The molecule has 7 nitrogen and oxygen atoms in total. The van der Waals surface area contributed by atoms with Crippen LogP contribution in [0.5, 0.6) is 17.2 Å². The van der Waals surface area contributed by atoms with Crippen molar-refractivity contribution in [1.29, 1.82) is 5.26 Å². The van der Waals surface area contributed by atoms with E-state index in [1.54, 1.807) is 12.1 Å². The molecule has 0 saturated carbocycles. The number of para-hydroxylation sites is 1. The summed E-state index contributed by atoms with van der Waals surface area (Å²) < 4.78 is 29.2. The first-order valence-corrected chi connectivity index (χ1v) is 7.38. The Hall–Kier alpha value is -3.60. The summed E-state index contributed by atoms with van der Waals surface area (Å²) in [5, 5.41) is 12.9. The molecule has 0 heterocycles. The molecule has 0 unspecified atom stereocenters. The zero-order valence-electron chi connectivity index (χ0n) is 14.4. The maximum atomic E-state index is 13.6. The van der Waals surface area contributed by atoms with Gasteiger partial charge < -0.3 is 14.2 Å². The van der Waals surface area contributed by atoms with Crippen LogP contribution in [0.2, 0.25) is 0 Å². The first-order valence-electron chi connectivity index (χ1n) is 7.38. The zero-order chi connectivity index (χ0) is 19.1. The summed E-state index contributed by atoms with van der Waals surface area (Å²) in [6.45, 7) is 0. The van der Waals surface area contributed by atoms with E-state index in [2.05, 4.69) is 10.5 Å². The van der Waals surface area contributed by atoms with Gasteiger partial charge in [-0.3, -0.25) is 10.2 Å². The number of nitriles is 1. The van der Waals surface area contributed by atoms with Crippen LogP contribution in [0.1, 0.15) is 10.4 Å². The van der Waals surface area contributed by atoms with Crippen LogP contribution in [0.25, 0.3) is 0 Å². The van der Waals surface area contributed by atoms with Gasteiger partial charge in [0, 0.05) is 5.56 Å². The summed E-state index contributed by atoms with van der Waals surface area (Å²) in [6.07, 6.45) is 0. The van der Waals surface area contributed by atoms with Gasteiger partial charge in [-0.05, 0) is 24.3 Å². The van der Waals surface area contributed by atoms with Crippen LogP contribution in [-0.4, -0.2) is 32.8 Å². The van der Waals surface area contributed by atoms with Gasteiger partial charge in [0.15, 0.2) is 11.5 Å². The number of nitrogens with zero attached hydrogens (tertiary/aromatic N) is 2. The first kappa shape index (κ1) is 18.7. The molecule has 0 fully saturated rings. The van der Waals surface area contributed by atoms with Gasteiger partial charge in [0.05, 0.1) is 27.0 Å². The van der Waals surface area contributed by atoms with Crippen molar-refractivity contribution >= 4 is 17.2 Å². The van der Waals surface area contributed by atoms with Crippen molar-refractivity contribution in [3.63, 3.8) is 0 Å². The Morgan fingerprint density at radius 1 is 1.12 bits per heavy atom. The highest BCUT2D eigenvalue weighted by Crippen LogP contribution is 2.38. The molecule has 0 saturated heterocycles. The molecule has 134 valence electrons. The van der Waals surface area contributed by atoms with Crippen LogP contribution in [0.4, 0.5) is 10.1 Å². The number of hydrogen-bond donors (Lipinski definition) is 1. The molecule has 0 aliphatic rings. The quantitative estimate of drug-likeness (QED) is 0.465. The summed E-state index contributed by atoms with van der Waals surface area (Å²) in [5.74, 6) is -0.417. The highest BCUT2D eigenvalue weighted by molar-refractivity contribution is 6.51. The molecule has 0 aliphatic heterocycles. The topological polar surface area (TPSA) is 92.9 Å². The van der Waals surface area contributed by atoms with E-state index in [4.69, 9.17) is 14.2 Å². The van der Waals surface area contributed by atoms with Crippen molar-refractivity contribution < 1.29 is 23.4 Å². The van der Waals surface area contributed by atoms with E-state index in [-0.39, 0.29) is 22.7 Å². The van der Waals surface area contributed by atoms with Crippen LogP contribution in [0.3, 0.4) is 0 Å². The Morgan fingerprint density at radius 2 is 1.73 bits per heavy atom. The smallest absolute Gasteiger partial charge is 0.224 e. The average Bonchev–Trinajstić information content (AvgIpc) is 2.68. The van der Waals surface area contributed by atoms with Crippen molar-refractivity contribution in [2.75, 3.05) is 26.8 Å². The molecule has 0 amide bonds. The monoisotopic (exact) mass is 357 g/mol. The minimum atomic E-state index is -0.685. The van der Waals surface area contributed by atoms with E-state index in [0.29, 0.717) is 5.75 Å². The molecule has 1 N–H and O–H groups in total. The summed E-state index contributed by atoms with van der Waals surface area (Å²) in [4.78, 5) is 12.6. The van der Waals surface area contributed by atoms with E-state index < -0.39 is 17.3 Å². The van der Waals surface area contributed by atoms with Gasteiger partial charge in [-0.25, -0.2) is 4.39 Å². The number of rotatable bonds is 7. The lowest BCUT2D eigenvalue weighted by molar-refractivity contribution is 0.106. The number of ether oxygens (including phenoxy) is 3. The van der Waals surface area contributed by atoms with Crippen molar-refractivity contribution in [2.45, 2.75) is 0 Å². The molecule has 0 spiro atoms. The standard InChI is InChI=1S/C18H16FN3O4/c1-24-15-8-11(9-16(25-2)18(15)26-3)17(23)14(10-20)22-21-13-7-5-4-6-12(13)19/h4-9,21H,1-3H3/b22-14+. The fraction of sp³-hybridized carbons (Fsp3) is 0.167. The van der Waals surface area contributed by atoms with Gasteiger partial charge in [-0.2, -0.15) is 10.4 Å². The predicted octanol–water partition coefficient (Wildman–Crippen LogP) is 3.03. The van der Waals surface area contributed by atoms with Gasteiger partial charge in [0.2, 0.25) is 17.2 Å². The molecular formula is C18H16FN3O4. The summed E-state index contributed by atoms with van der Waals surface area (Å²) >= 11 is 0. The number of benzene rings is 2. The summed E-state index contributed by atoms with van der Waals surface area (Å²) in [6, 6.07) is 10.3. The molecule has 0 bridgehead atoms. The lowest BCUT2D eigenvalue weighted by Crippen LogP contribution is -2.15.